The second-order valence-electron chi connectivity index (χ2n) is 5.92. The molecule has 0 saturated heterocycles. The Morgan fingerprint density at radius 3 is 2.57 bits per heavy atom. The number of nitrogens with one attached hydrogen (secondary N) is 3. The maximum Gasteiger partial charge on any atom is 0.287 e. The molecule has 2 amide bonds. The van der Waals surface area contributed by atoms with Gasteiger partial charge in [-0.2, -0.15) is 5.10 Å². The van der Waals surface area contributed by atoms with Gasteiger partial charge in [0.05, 0.1) is 17.3 Å². The largest absolute Gasteiger partial charge is 0.492 e. The smallest absolute Gasteiger partial charge is 0.287 e. The molecule has 0 spiro atoms. The third-order valence-corrected chi connectivity index (χ3v) is 4.16. The van der Waals surface area contributed by atoms with E-state index in [1.165, 1.54) is 0 Å². The monoisotopic (exact) mass is 398 g/mol. The van der Waals surface area contributed by atoms with Crippen LogP contribution in [0.25, 0.3) is 11.3 Å². The van der Waals surface area contributed by atoms with Gasteiger partial charge < -0.3 is 4.74 Å². The average molecular weight is 399 g/mol. The third-order valence-electron chi connectivity index (χ3n) is 3.85. The molecule has 8 heteroatoms. The standard InChI is InChI=1S/C20H19ClN4O3/c21-15-9-4-5-10-18(15)28-12-6-11-19(26)24-25-20(27)17-13-16(22-23-17)14-7-2-1-3-8-14/h1-5,7-10,13H,6,11-12H2,(H,22,23)(H,24,26)(H,25,27). The Morgan fingerprint density at radius 2 is 1.79 bits per heavy atom. The SMILES string of the molecule is O=C(CCCOc1ccccc1Cl)NNC(=O)c1cc(-c2ccccc2)n[nH]1. The van der Waals surface area contributed by atoms with Gasteiger partial charge in [0.2, 0.25) is 5.91 Å². The highest BCUT2D eigenvalue weighted by Crippen LogP contribution is 2.23. The van der Waals surface area contributed by atoms with E-state index in [0.29, 0.717) is 29.5 Å². The Bertz CT molecular complexity index is 943. The van der Waals surface area contributed by atoms with Crippen molar-refractivity contribution in [2.24, 2.45) is 0 Å². The minimum Gasteiger partial charge on any atom is -0.492 e. The van der Waals surface area contributed by atoms with E-state index in [1.54, 1.807) is 18.2 Å². The van der Waals surface area contributed by atoms with Crippen molar-refractivity contribution in [1.82, 2.24) is 21.0 Å². The number of hydrogen-bond donors (Lipinski definition) is 3. The predicted molar refractivity (Wildman–Crippen MR) is 106 cm³/mol. The number of halogens is 1. The van der Waals surface area contributed by atoms with Gasteiger partial charge in [0.15, 0.2) is 0 Å². The first-order valence-corrected chi connectivity index (χ1v) is 9.08. The van der Waals surface area contributed by atoms with Crippen LogP contribution < -0.4 is 15.6 Å². The minimum atomic E-state index is -0.477. The zero-order chi connectivity index (χ0) is 19.8. The molecule has 0 aliphatic rings. The van der Waals surface area contributed by atoms with Crippen LogP contribution in [0.15, 0.2) is 60.7 Å². The second kappa shape index (κ2) is 9.57. The van der Waals surface area contributed by atoms with Crippen LogP contribution in [0.4, 0.5) is 0 Å². The van der Waals surface area contributed by atoms with E-state index in [-0.39, 0.29) is 18.0 Å². The number of carbonyl (C=O) groups is 2. The lowest BCUT2D eigenvalue weighted by molar-refractivity contribution is -0.122. The summed E-state index contributed by atoms with van der Waals surface area (Å²) < 4.78 is 5.51. The number of rotatable bonds is 7. The normalized spacial score (nSPS) is 10.3. The van der Waals surface area contributed by atoms with Gasteiger partial charge in [-0.1, -0.05) is 54.1 Å². The molecular weight excluding hydrogens is 380 g/mol. The van der Waals surface area contributed by atoms with E-state index in [9.17, 15) is 9.59 Å². The average Bonchev–Trinajstić information content (AvgIpc) is 3.22. The molecule has 144 valence electrons. The molecule has 0 bridgehead atoms. The van der Waals surface area contributed by atoms with Crippen molar-refractivity contribution < 1.29 is 14.3 Å². The van der Waals surface area contributed by atoms with E-state index in [2.05, 4.69) is 21.0 Å². The first kappa shape index (κ1) is 19.4. The lowest BCUT2D eigenvalue weighted by Gasteiger charge is -2.08. The molecule has 3 N–H and O–H groups in total. The van der Waals surface area contributed by atoms with Crippen LogP contribution in [0.2, 0.25) is 5.02 Å². The number of hydrogen-bond acceptors (Lipinski definition) is 4. The fraction of sp³-hybridized carbons (Fsp3) is 0.150. The highest BCUT2D eigenvalue weighted by atomic mass is 35.5. The molecule has 0 saturated carbocycles. The van der Waals surface area contributed by atoms with Crippen molar-refractivity contribution in [2.75, 3.05) is 6.61 Å². The third kappa shape index (κ3) is 5.34. The van der Waals surface area contributed by atoms with Gasteiger partial charge in [-0.3, -0.25) is 25.5 Å². The summed E-state index contributed by atoms with van der Waals surface area (Å²) >= 11 is 5.99. The molecule has 2 aromatic carbocycles. The van der Waals surface area contributed by atoms with Crippen LogP contribution in [0.3, 0.4) is 0 Å². The first-order chi connectivity index (χ1) is 13.6. The second-order valence-corrected chi connectivity index (χ2v) is 6.32. The summed E-state index contributed by atoms with van der Waals surface area (Å²) in [6, 6.07) is 18.2. The number of aromatic amines is 1. The predicted octanol–water partition coefficient (Wildman–Crippen LogP) is 3.35. The molecule has 28 heavy (non-hydrogen) atoms. The van der Waals surface area contributed by atoms with E-state index >= 15 is 0 Å². The lowest BCUT2D eigenvalue weighted by atomic mass is 10.1. The van der Waals surface area contributed by atoms with Crippen molar-refractivity contribution in [2.45, 2.75) is 12.8 Å². The number of amides is 2. The maximum absolute atomic E-state index is 12.1. The van der Waals surface area contributed by atoms with Crippen LogP contribution in [0, 0.1) is 0 Å². The fourth-order valence-electron chi connectivity index (χ4n) is 2.43. The van der Waals surface area contributed by atoms with Crippen molar-refractivity contribution in [1.29, 1.82) is 0 Å². The highest BCUT2D eigenvalue weighted by molar-refractivity contribution is 6.32. The zero-order valence-corrected chi connectivity index (χ0v) is 15.7. The Hall–Kier alpha value is -3.32. The van der Waals surface area contributed by atoms with Gasteiger partial charge in [-0.15, -0.1) is 0 Å². The number of hydrazine groups is 1. The molecule has 1 heterocycles. The molecule has 3 rings (SSSR count). The number of H-pyrrole nitrogens is 1. The molecule has 0 unspecified atom stereocenters. The van der Waals surface area contributed by atoms with Gasteiger partial charge in [-0.25, -0.2) is 0 Å². The summed E-state index contributed by atoms with van der Waals surface area (Å²) in [6.07, 6.45) is 0.679. The summed E-state index contributed by atoms with van der Waals surface area (Å²) in [5, 5.41) is 7.28. The van der Waals surface area contributed by atoms with Crippen LogP contribution in [0.1, 0.15) is 23.3 Å². The minimum absolute atomic E-state index is 0.197. The topological polar surface area (TPSA) is 96.1 Å². The molecule has 7 nitrogen and oxygen atoms in total. The quantitative estimate of drug-likeness (QED) is 0.420. The molecule has 0 atom stereocenters. The number of nitrogens with zero attached hydrogens (tertiary/aromatic N) is 1. The number of carbonyl (C=O) groups excluding carboxylic acids is 2. The zero-order valence-electron chi connectivity index (χ0n) is 14.9. The molecule has 1 aromatic heterocycles. The number of aromatic nitrogens is 2. The van der Waals surface area contributed by atoms with Gasteiger partial charge in [-0.05, 0) is 24.6 Å². The van der Waals surface area contributed by atoms with Gasteiger partial charge in [0, 0.05) is 12.0 Å². The van der Waals surface area contributed by atoms with E-state index < -0.39 is 5.91 Å². The maximum atomic E-state index is 12.1. The summed E-state index contributed by atoms with van der Waals surface area (Å²) in [5.41, 5.74) is 6.52. The fourth-order valence-corrected chi connectivity index (χ4v) is 2.62. The van der Waals surface area contributed by atoms with Crippen molar-refractivity contribution in [3.8, 4) is 17.0 Å². The van der Waals surface area contributed by atoms with E-state index in [4.69, 9.17) is 16.3 Å². The lowest BCUT2D eigenvalue weighted by Crippen LogP contribution is -2.41. The molecule has 3 aromatic rings. The van der Waals surface area contributed by atoms with Crippen LogP contribution >= 0.6 is 11.6 Å². The van der Waals surface area contributed by atoms with Crippen molar-refractivity contribution >= 4 is 23.4 Å². The number of ether oxygens (including phenoxy) is 1. The summed E-state index contributed by atoms with van der Waals surface area (Å²) in [7, 11) is 0. The first-order valence-electron chi connectivity index (χ1n) is 8.71. The van der Waals surface area contributed by atoms with Crippen LogP contribution in [-0.2, 0) is 4.79 Å². The van der Waals surface area contributed by atoms with Gasteiger partial charge >= 0.3 is 0 Å². The Labute approximate surface area is 167 Å². The highest BCUT2D eigenvalue weighted by Gasteiger charge is 2.12. The summed E-state index contributed by atoms with van der Waals surface area (Å²) in [4.78, 5) is 24.0. The van der Waals surface area contributed by atoms with Gasteiger partial charge in [0.25, 0.3) is 5.91 Å². The Kier molecular flexibility index (Phi) is 6.64. The van der Waals surface area contributed by atoms with E-state index in [0.717, 1.165) is 5.56 Å². The van der Waals surface area contributed by atoms with E-state index in [1.807, 2.05) is 42.5 Å². The van der Waals surface area contributed by atoms with Gasteiger partial charge in [0.1, 0.15) is 11.4 Å². The summed E-state index contributed by atoms with van der Waals surface area (Å²) in [5.74, 6) is -0.222. The molecule has 0 aliphatic carbocycles. The van der Waals surface area contributed by atoms with Crippen molar-refractivity contribution in [3.05, 3.63) is 71.4 Å². The molecule has 0 aliphatic heterocycles. The van der Waals surface area contributed by atoms with Crippen LogP contribution in [-0.4, -0.2) is 28.6 Å². The van der Waals surface area contributed by atoms with Crippen LogP contribution in [0.5, 0.6) is 5.75 Å². The Morgan fingerprint density at radius 1 is 1.04 bits per heavy atom. The molecular formula is C20H19ClN4O3. The molecule has 0 fully saturated rings. The van der Waals surface area contributed by atoms with Crippen molar-refractivity contribution in [3.63, 3.8) is 0 Å². The number of para-hydroxylation sites is 1. The molecule has 0 radical (unpaired) electrons. The number of benzene rings is 2. The summed E-state index contributed by atoms with van der Waals surface area (Å²) in [6.45, 7) is 0.339. The Balaban J connectivity index is 1.39.